The Balaban J connectivity index is 1.98. The zero-order chi connectivity index (χ0) is 24.3. The van der Waals surface area contributed by atoms with E-state index in [1.807, 2.05) is 13.2 Å². The SMILES string of the molecule is CCCC(=O)Nc1ccc(C(=O)COC(=O)C(CCSC)NS(=O)(=O)c2ccccc2)cc1. The van der Waals surface area contributed by atoms with Crippen molar-refractivity contribution in [3.05, 3.63) is 60.2 Å². The number of ether oxygens (including phenoxy) is 1. The summed E-state index contributed by atoms with van der Waals surface area (Å²) >= 11 is 1.46. The van der Waals surface area contributed by atoms with E-state index in [4.69, 9.17) is 4.74 Å². The summed E-state index contributed by atoms with van der Waals surface area (Å²) in [5.41, 5.74) is 0.872. The highest BCUT2D eigenvalue weighted by atomic mass is 32.2. The van der Waals surface area contributed by atoms with E-state index in [1.165, 1.54) is 36.0 Å². The topological polar surface area (TPSA) is 119 Å². The summed E-state index contributed by atoms with van der Waals surface area (Å²) in [4.78, 5) is 36.7. The van der Waals surface area contributed by atoms with Crippen LogP contribution >= 0.6 is 11.8 Å². The van der Waals surface area contributed by atoms with Crippen LogP contribution in [0, 0.1) is 0 Å². The lowest BCUT2D eigenvalue weighted by molar-refractivity contribution is -0.144. The molecule has 178 valence electrons. The Morgan fingerprint density at radius 3 is 2.30 bits per heavy atom. The predicted molar refractivity (Wildman–Crippen MR) is 129 cm³/mol. The average molecular weight is 493 g/mol. The first-order valence-corrected chi connectivity index (χ1v) is 13.3. The number of carbonyl (C=O) groups excluding carboxylic acids is 3. The van der Waals surface area contributed by atoms with Gasteiger partial charge >= 0.3 is 5.97 Å². The Kier molecular flexibility index (Phi) is 10.6. The summed E-state index contributed by atoms with van der Waals surface area (Å²) in [6, 6.07) is 12.8. The van der Waals surface area contributed by atoms with Crippen LogP contribution in [-0.2, 0) is 24.3 Å². The molecular formula is C23H28N2O6S2. The van der Waals surface area contributed by atoms with Crippen LogP contribution in [-0.4, -0.2) is 50.7 Å². The minimum absolute atomic E-state index is 0.0362. The van der Waals surface area contributed by atoms with Crippen molar-refractivity contribution < 1.29 is 27.5 Å². The highest BCUT2D eigenvalue weighted by Gasteiger charge is 2.27. The first-order valence-electron chi connectivity index (χ1n) is 10.4. The molecule has 2 aromatic carbocycles. The minimum Gasteiger partial charge on any atom is -0.456 e. The Morgan fingerprint density at radius 2 is 1.70 bits per heavy atom. The molecule has 0 bridgehead atoms. The first kappa shape index (κ1) is 26.6. The maximum atomic E-state index is 12.6. The second-order valence-corrected chi connectivity index (χ2v) is 9.87. The normalized spacial score (nSPS) is 12.1. The number of carbonyl (C=O) groups is 3. The second-order valence-electron chi connectivity index (χ2n) is 7.17. The van der Waals surface area contributed by atoms with Crippen LogP contribution in [0.1, 0.15) is 36.5 Å². The molecule has 1 atom stereocenters. The van der Waals surface area contributed by atoms with Crippen LogP contribution in [0.25, 0.3) is 0 Å². The molecule has 0 saturated heterocycles. The quantitative estimate of drug-likeness (QED) is 0.325. The van der Waals surface area contributed by atoms with Gasteiger partial charge in [-0.05, 0) is 61.2 Å². The molecule has 33 heavy (non-hydrogen) atoms. The Bertz CT molecular complexity index is 1040. The molecule has 0 aromatic heterocycles. The molecule has 1 amide bonds. The van der Waals surface area contributed by atoms with E-state index in [9.17, 15) is 22.8 Å². The summed E-state index contributed by atoms with van der Waals surface area (Å²) in [5.74, 6) is -0.847. The van der Waals surface area contributed by atoms with E-state index in [0.29, 0.717) is 23.4 Å². The van der Waals surface area contributed by atoms with Gasteiger partial charge in [0.1, 0.15) is 6.04 Å². The van der Waals surface area contributed by atoms with Crippen molar-refractivity contribution >= 4 is 45.1 Å². The van der Waals surface area contributed by atoms with Gasteiger partial charge in [-0.25, -0.2) is 8.42 Å². The van der Waals surface area contributed by atoms with Gasteiger partial charge in [0.05, 0.1) is 4.90 Å². The molecule has 0 radical (unpaired) electrons. The van der Waals surface area contributed by atoms with E-state index in [-0.39, 0.29) is 17.2 Å². The van der Waals surface area contributed by atoms with Gasteiger partial charge in [-0.15, -0.1) is 0 Å². The summed E-state index contributed by atoms with van der Waals surface area (Å²) in [5, 5.41) is 2.73. The third-order valence-electron chi connectivity index (χ3n) is 4.56. The van der Waals surface area contributed by atoms with Crippen LogP contribution in [0.4, 0.5) is 5.69 Å². The van der Waals surface area contributed by atoms with Crippen molar-refractivity contribution in [1.29, 1.82) is 0 Å². The largest absolute Gasteiger partial charge is 0.456 e. The number of esters is 1. The number of rotatable bonds is 13. The molecule has 0 fully saturated rings. The monoisotopic (exact) mass is 492 g/mol. The summed E-state index contributed by atoms with van der Waals surface area (Å²) in [6.45, 7) is 1.38. The highest BCUT2D eigenvalue weighted by Crippen LogP contribution is 2.13. The summed E-state index contributed by atoms with van der Waals surface area (Å²) < 4.78 is 32.7. The van der Waals surface area contributed by atoms with Gasteiger partial charge in [0.15, 0.2) is 12.4 Å². The van der Waals surface area contributed by atoms with Gasteiger partial charge < -0.3 is 10.1 Å². The van der Waals surface area contributed by atoms with Crippen LogP contribution in [0.3, 0.4) is 0 Å². The second kappa shape index (κ2) is 13.1. The lowest BCUT2D eigenvalue weighted by Crippen LogP contribution is -2.42. The Morgan fingerprint density at radius 1 is 1.03 bits per heavy atom. The number of nitrogens with one attached hydrogen (secondary N) is 2. The molecule has 10 heteroatoms. The highest BCUT2D eigenvalue weighted by molar-refractivity contribution is 7.98. The minimum atomic E-state index is -3.92. The molecular weight excluding hydrogens is 464 g/mol. The molecule has 8 nitrogen and oxygen atoms in total. The van der Waals surface area contributed by atoms with E-state index in [2.05, 4.69) is 10.0 Å². The number of Topliss-reactive ketones (excluding diaryl/α,β-unsaturated/α-hetero) is 1. The molecule has 0 aliphatic heterocycles. The zero-order valence-electron chi connectivity index (χ0n) is 18.6. The van der Waals surface area contributed by atoms with Crippen LogP contribution in [0.5, 0.6) is 0 Å². The average Bonchev–Trinajstić information content (AvgIpc) is 2.81. The molecule has 1 unspecified atom stereocenters. The van der Waals surface area contributed by atoms with E-state index in [1.54, 1.807) is 30.3 Å². The summed E-state index contributed by atoms with van der Waals surface area (Å²) in [7, 11) is -3.92. The Hall–Kier alpha value is -2.69. The lowest BCUT2D eigenvalue weighted by atomic mass is 10.1. The number of sulfonamides is 1. The van der Waals surface area contributed by atoms with Crippen LogP contribution in [0.15, 0.2) is 59.5 Å². The first-order chi connectivity index (χ1) is 15.8. The number of ketones is 1. The lowest BCUT2D eigenvalue weighted by Gasteiger charge is -2.17. The standard InChI is InChI=1S/C23H28N2O6S2/c1-3-7-22(27)24-18-12-10-17(11-13-18)21(26)16-31-23(28)20(14-15-32-2)25-33(29,30)19-8-5-4-6-9-19/h4-6,8-13,20,25H,3,7,14-16H2,1-2H3,(H,24,27). The summed E-state index contributed by atoms with van der Waals surface area (Å²) in [6.07, 6.45) is 3.19. The smallest absolute Gasteiger partial charge is 0.324 e. The fourth-order valence-corrected chi connectivity index (χ4v) is 4.54. The van der Waals surface area contributed by atoms with Crippen LogP contribution in [0.2, 0.25) is 0 Å². The number of benzene rings is 2. The van der Waals surface area contributed by atoms with Crippen LogP contribution < -0.4 is 10.0 Å². The van der Waals surface area contributed by atoms with Gasteiger partial charge in [0.25, 0.3) is 0 Å². The molecule has 0 spiro atoms. The molecule has 0 aliphatic carbocycles. The number of anilines is 1. The van der Waals surface area contributed by atoms with Gasteiger partial charge in [-0.3, -0.25) is 14.4 Å². The number of thioether (sulfide) groups is 1. The van der Waals surface area contributed by atoms with Gasteiger partial charge in [-0.1, -0.05) is 25.1 Å². The molecule has 2 aromatic rings. The molecule has 0 aliphatic rings. The molecule has 0 heterocycles. The fourth-order valence-electron chi connectivity index (χ4n) is 2.83. The molecule has 0 saturated carbocycles. The van der Waals surface area contributed by atoms with E-state index in [0.717, 1.165) is 6.42 Å². The van der Waals surface area contributed by atoms with Crippen molar-refractivity contribution in [2.75, 3.05) is 23.9 Å². The van der Waals surface area contributed by atoms with Gasteiger partial charge in [0, 0.05) is 17.7 Å². The van der Waals surface area contributed by atoms with Crippen molar-refractivity contribution in [1.82, 2.24) is 4.72 Å². The Labute approximate surface area is 198 Å². The van der Waals surface area contributed by atoms with Crippen molar-refractivity contribution in [3.63, 3.8) is 0 Å². The van der Waals surface area contributed by atoms with E-state index >= 15 is 0 Å². The predicted octanol–water partition coefficient (Wildman–Crippen LogP) is 3.25. The zero-order valence-corrected chi connectivity index (χ0v) is 20.2. The number of amides is 1. The number of hydrogen-bond acceptors (Lipinski definition) is 7. The van der Waals surface area contributed by atoms with Gasteiger partial charge in [-0.2, -0.15) is 16.5 Å². The third-order valence-corrected chi connectivity index (χ3v) is 6.69. The van der Waals surface area contributed by atoms with Crippen molar-refractivity contribution in [2.24, 2.45) is 0 Å². The number of hydrogen-bond donors (Lipinski definition) is 2. The van der Waals surface area contributed by atoms with Crippen molar-refractivity contribution in [2.45, 2.75) is 37.1 Å². The van der Waals surface area contributed by atoms with E-state index < -0.39 is 34.4 Å². The third kappa shape index (κ3) is 8.64. The maximum Gasteiger partial charge on any atom is 0.324 e. The molecule has 2 rings (SSSR count). The van der Waals surface area contributed by atoms with Gasteiger partial charge in [0.2, 0.25) is 15.9 Å². The maximum absolute atomic E-state index is 12.6. The molecule has 2 N–H and O–H groups in total. The van der Waals surface area contributed by atoms with Crippen molar-refractivity contribution in [3.8, 4) is 0 Å². The fraction of sp³-hybridized carbons (Fsp3) is 0.348.